The van der Waals surface area contributed by atoms with E-state index in [2.05, 4.69) is 19.9 Å². The van der Waals surface area contributed by atoms with Gasteiger partial charge in [0.2, 0.25) is 5.91 Å². The number of carbonyl (C=O) groups excluding carboxylic acids is 1. The highest BCUT2D eigenvalue weighted by Crippen LogP contribution is 2.06. The molecule has 0 aromatic carbocycles. The van der Waals surface area contributed by atoms with Crippen LogP contribution in [-0.2, 0) is 15.0 Å². The summed E-state index contributed by atoms with van der Waals surface area (Å²) in [5.74, 6) is 0.277. The summed E-state index contributed by atoms with van der Waals surface area (Å²) in [7, 11) is -3.63. The van der Waals surface area contributed by atoms with E-state index in [1.54, 1.807) is 6.92 Å². The van der Waals surface area contributed by atoms with E-state index in [9.17, 15) is 13.2 Å². The van der Waals surface area contributed by atoms with Gasteiger partial charge in [-0.15, -0.1) is 0 Å². The lowest BCUT2D eigenvalue weighted by Crippen LogP contribution is -2.41. The molecular weight excluding hydrogens is 260 g/mol. The van der Waals surface area contributed by atoms with Gasteiger partial charge in [0.15, 0.2) is 5.82 Å². The van der Waals surface area contributed by atoms with Gasteiger partial charge in [0.25, 0.3) is 10.2 Å². The van der Waals surface area contributed by atoms with Crippen LogP contribution >= 0.6 is 0 Å². The molecule has 1 amide bonds. The van der Waals surface area contributed by atoms with Crippen LogP contribution in [0.5, 0.6) is 0 Å². The van der Waals surface area contributed by atoms with Gasteiger partial charge >= 0.3 is 0 Å². The topological polar surface area (TPSA) is 113 Å². The summed E-state index contributed by atoms with van der Waals surface area (Å²) in [5.41, 5.74) is 0. The first-order chi connectivity index (χ1) is 8.43. The third kappa shape index (κ3) is 5.25. The summed E-state index contributed by atoms with van der Waals surface area (Å²) in [6.07, 6.45) is 0.672. The average molecular weight is 276 g/mol. The van der Waals surface area contributed by atoms with Gasteiger partial charge in [-0.3, -0.25) is 4.79 Å². The van der Waals surface area contributed by atoms with Crippen LogP contribution in [-0.4, -0.2) is 32.6 Å². The largest absolute Gasteiger partial charge is 0.360 e. The smallest absolute Gasteiger partial charge is 0.277 e. The summed E-state index contributed by atoms with van der Waals surface area (Å²) in [5, 5.41) is 5.94. The molecule has 0 fully saturated rings. The summed E-state index contributed by atoms with van der Waals surface area (Å²) in [6.45, 7) is 3.46. The van der Waals surface area contributed by atoms with Crippen molar-refractivity contribution in [3.8, 4) is 0 Å². The zero-order chi connectivity index (χ0) is 13.6. The predicted molar refractivity (Wildman–Crippen MR) is 65.1 cm³/mol. The van der Waals surface area contributed by atoms with E-state index in [1.165, 1.54) is 6.07 Å². The Hall–Kier alpha value is -1.45. The van der Waals surface area contributed by atoms with Gasteiger partial charge in [-0.1, -0.05) is 12.1 Å². The van der Waals surface area contributed by atoms with Gasteiger partial charge in [-0.2, -0.15) is 13.1 Å². The third-order valence-electron chi connectivity index (χ3n) is 1.86. The summed E-state index contributed by atoms with van der Waals surface area (Å²) < 4.78 is 31.8. The van der Waals surface area contributed by atoms with Crippen molar-refractivity contribution in [2.75, 3.05) is 18.4 Å². The molecule has 9 heteroatoms. The predicted octanol–water partition coefficient (Wildman–Crippen LogP) is -0.244. The minimum atomic E-state index is -3.63. The lowest BCUT2D eigenvalue weighted by Gasteiger charge is -2.06. The lowest BCUT2D eigenvalue weighted by atomic mass is 10.5. The second kappa shape index (κ2) is 6.47. The Morgan fingerprint density at radius 3 is 2.72 bits per heavy atom. The summed E-state index contributed by atoms with van der Waals surface area (Å²) >= 11 is 0. The van der Waals surface area contributed by atoms with Crippen LogP contribution in [0.1, 0.15) is 19.1 Å². The molecule has 1 rings (SSSR count). The highest BCUT2D eigenvalue weighted by atomic mass is 32.2. The highest BCUT2D eigenvalue weighted by Gasteiger charge is 2.12. The van der Waals surface area contributed by atoms with Crippen LogP contribution in [0.2, 0.25) is 0 Å². The fourth-order valence-electron chi connectivity index (χ4n) is 1.06. The number of rotatable bonds is 7. The molecular formula is C9H16N4O4S. The van der Waals surface area contributed by atoms with Crippen molar-refractivity contribution >= 4 is 21.9 Å². The molecule has 1 heterocycles. The zero-order valence-electron chi connectivity index (χ0n) is 10.2. The maximum Gasteiger partial charge on any atom is 0.277 e. The van der Waals surface area contributed by atoms with Crippen molar-refractivity contribution in [3.05, 3.63) is 11.8 Å². The molecule has 0 bridgehead atoms. The van der Waals surface area contributed by atoms with Gasteiger partial charge in [-0.25, -0.2) is 4.72 Å². The number of nitrogens with zero attached hydrogens (tertiary/aromatic N) is 1. The molecule has 0 aliphatic rings. The molecule has 0 atom stereocenters. The van der Waals surface area contributed by atoms with Crippen molar-refractivity contribution in [3.63, 3.8) is 0 Å². The van der Waals surface area contributed by atoms with E-state index < -0.39 is 16.1 Å². The minimum absolute atomic E-state index is 0.248. The van der Waals surface area contributed by atoms with Gasteiger partial charge in [0.1, 0.15) is 5.76 Å². The van der Waals surface area contributed by atoms with Gasteiger partial charge < -0.3 is 9.84 Å². The Labute approximate surface area is 105 Å². The van der Waals surface area contributed by atoms with Crippen molar-refractivity contribution < 1.29 is 17.7 Å². The molecule has 0 saturated heterocycles. The van der Waals surface area contributed by atoms with Crippen LogP contribution in [0.15, 0.2) is 10.6 Å². The number of aromatic nitrogens is 1. The van der Waals surface area contributed by atoms with Crippen molar-refractivity contribution in [2.45, 2.75) is 20.3 Å². The normalized spacial score (nSPS) is 11.4. The van der Waals surface area contributed by atoms with E-state index in [-0.39, 0.29) is 12.4 Å². The number of amides is 1. The summed E-state index contributed by atoms with van der Waals surface area (Å²) in [6, 6.07) is 1.53. The number of carbonyl (C=O) groups is 1. The molecule has 8 nitrogen and oxygen atoms in total. The first kappa shape index (κ1) is 14.6. The highest BCUT2D eigenvalue weighted by molar-refractivity contribution is 7.87. The van der Waals surface area contributed by atoms with Gasteiger partial charge in [0.05, 0.1) is 6.54 Å². The molecule has 3 N–H and O–H groups in total. The number of nitrogens with one attached hydrogen (secondary N) is 3. The Morgan fingerprint density at radius 1 is 1.44 bits per heavy atom. The van der Waals surface area contributed by atoms with Crippen LogP contribution in [0.25, 0.3) is 0 Å². The van der Waals surface area contributed by atoms with Crippen molar-refractivity contribution in [1.29, 1.82) is 0 Å². The molecule has 1 aromatic heterocycles. The van der Waals surface area contributed by atoms with E-state index in [1.807, 2.05) is 6.92 Å². The monoisotopic (exact) mass is 276 g/mol. The SMILES string of the molecule is CCCNS(=O)(=O)NCC(=O)Nc1cc(C)on1. The maximum atomic E-state index is 11.4. The van der Waals surface area contributed by atoms with E-state index in [0.717, 1.165) is 0 Å². The molecule has 0 radical (unpaired) electrons. The second-order valence-corrected chi connectivity index (χ2v) is 5.17. The standard InChI is InChI=1S/C9H16N4O4S/c1-3-4-10-18(15,16)11-6-9(14)12-8-5-7(2)17-13-8/h5,10-11H,3-4,6H2,1-2H3,(H,12,13,14). The first-order valence-corrected chi connectivity index (χ1v) is 6.88. The lowest BCUT2D eigenvalue weighted by molar-refractivity contribution is -0.115. The Kier molecular flexibility index (Phi) is 5.25. The fourth-order valence-corrected chi connectivity index (χ4v) is 1.96. The molecule has 1 aromatic rings. The number of hydrogen-bond acceptors (Lipinski definition) is 5. The van der Waals surface area contributed by atoms with Gasteiger partial charge in [-0.05, 0) is 13.3 Å². The quantitative estimate of drug-likeness (QED) is 0.636. The second-order valence-electron chi connectivity index (χ2n) is 3.59. The number of hydrogen-bond donors (Lipinski definition) is 3. The van der Waals surface area contributed by atoms with Crippen molar-refractivity contribution in [2.24, 2.45) is 0 Å². The molecule has 18 heavy (non-hydrogen) atoms. The Bertz CT molecular complexity index is 496. The van der Waals surface area contributed by atoms with Crippen LogP contribution in [0.4, 0.5) is 5.82 Å². The average Bonchev–Trinajstić information content (AvgIpc) is 2.70. The zero-order valence-corrected chi connectivity index (χ0v) is 11.0. The van der Waals surface area contributed by atoms with Crippen LogP contribution < -0.4 is 14.8 Å². The fraction of sp³-hybridized carbons (Fsp3) is 0.556. The Balaban J connectivity index is 2.37. The third-order valence-corrected chi connectivity index (χ3v) is 2.97. The van der Waals surface area contributed by atoms with Crippen molar-refractivity contribution in [1.82, 2.24) is 14.6 Å². The molecule has 0 aliphatic carbocycles. The van der Waals surface area contributed by atoms with Crippen LogP contribution in [0, 0.1) is 6.92 Å². The molecule has 0 unspecified atom stereocenters. The molecule has 0 spiro atoms. The van der Waals surface area contributed by atoms with E-state index >= 15 is 0 Å². The number of aryl methyl sites for hydroxylation is 1. The molecule has 0 saturated carbocycles. The molecule has 0 aliphatic heterocycles. The minimum Gasteiger partial charge on any atom is -0.360 e. The molecule has 102 valence electrons. The van der Waals surface area contributed by atoms with Crippen LogP contribution in [0.3, 0.4) is 0 Å². The summed E-state index contributed by atoms with van der Waals surface area (Å²) in [4.78, 5) is 11.4. The van der Waals surface area contributed by atoms with E-state index in [0.29, 0.717) is 18.7 Å². The van der Waals surface area contributed by atoms with Gasteiger partial charge in [0, 0.05) is 12.6 Å². The number of anilines is 1. The van der Waals surface area contributed by atoms with E-state index in [4.69, 9.17) is 4.52 Å². The maximum absolute atomic E-state index is 11.4. The Morgan fingerprint density at radius 2 is 2.17 bits per heavy atom. The first-order valence-electron chi connectivity index (χ1n) is 5.40.